The van der Waals surface area contributed by atoms with Gasteiger partial charge in [0, 0.05) is 16.3 Å². The van der Waals surface area contributed by atoms with E-state index in [4.69, 9.17) is 27.9 Å². The molecule has 166 valence electrons. The van der Waals surface area contributed by atoms with Crippen LogP contribution in [0.5, 0.6) is 5.75 Å². The fourth-order valence-corrected chi connectivity index (χ4v) is 3.68. The molecule has 1 aliphatic rings. The highest BCUT2D eigenvalue weighted by Gasteiger charge is 2.39. The standard InChI is InChI=1S/C24H17Cl2N3O4/c1-33-19-11-3-2-10-18(19)28-22(30)14-6-4-8-16(12-14)27-21-20(26)23(31)29(24(21)32)17-9-5-7-15(25)13-17/h2-13,27H,1H3,(H,28,30). The lowest BCUT2D eigenvalue weighted by Crippen LogP contribution is -2.32. The van der Waals surface area contributed by atoms with E-state index >= 15 is 0 Å². The number of methoxy groups -OCH3 is 1. The Morgan fingerprint density at radius 1 is 0.909 bits per heavy atom. The predicted molar refractivity (Wildman–Crippen MR) is 128 cm³/mol. The van der Waals surface area contributed by atoms with Crippen molar-refractivity contribution in [3.8, 4) is 5.75 Å². The number of hydrogen-bond acceptors (Lipinski definition) is 5. The van der Waals surface area contributed by atoms with E-state index in [1.807, 2.05) is 0 Å². The molecule has 2 N–H and O–H groups in total. The molecule has 0 radical (unpaired) electrons. The molecular weight excluding hydrogens is 465 g/mol. The third-order valence-corrected chi connectivity index (χ3v) is 5.43. The molecule has 3 amide bonds. The Morgan fingerprint density at radius 3 is 2.42 bits per heavy atom. The number of carbonyl (C=O) groups is 3. The van der Waals surface area contributed by atoms with Gasteiger partial charge in [-0.15, -0.1) is 0 Å². The molecule has 3 aromatic rings. The van der Waals surface area contributed by atoms with Crippen molar-refractivity contribution >= 4 is 58.0 Å². The third-order valence-electron chi connectivity index (χ3n) is 4.84. The van der Waals surface area contributed by atoms with E-state index in [0.29, 0.717) is 33.4 Å². The minimum atomic E-state index is -0.670. The van der Waals surface area contributed by atoms with Crippen molar-refractivity contribution in [1.29, 1.82) is 0 Å². The first-order valence-corrected chi connectivity index (χ1v) is 10.5. The lowest BCUT2D eigenvalue weighted by Gasteiger charge is -2.15. The molecule has 7 nitrogen and oxygen atoms in total. The lowest BCUT2D eigenvalue weighted by atomic mass is 10.1. The number of benzene rings is 3. The van der Waals surface area contributed by atoms with Crippen molar-refractivity contribution in [2.24, 2.45) is 0 Å². The van der Waals surface area contributed by atoms with Gasteiger partial charge in [0.1, 0.15) is 16.5 Å². The van der Waals surface area contributed by atoms with Gasteiger partial charge in [-0.1, -0.05) is 47.5 Å². The average Bonchev–Trinajstić information content (AvgIpc) is 3.02. The van der Waals surface area contributed by atoms with E-state index in [1.165, 1.54) is 13.2 Å². The fraction of sp³-hybridized carbons (Fsp3) is 0.0417. The Labute approximate surface area is 199 Å². The van der Waals surface area contributed by atoms with Crippen LogP contribution in [0, 0.1) is 0 Å². The van der Waals surface area contributed by atoms with Crippen LogP contribution < -0.4 is 20.3 Å². The Kier molecular flexibility index (Phi) is 6.35. The zero-order valence-corrected chi connectivity index (χ0v) is 18.8. The Balaban J connectivity index is 1.55. The molecule has 0 saturated carbocycles. The molecule has 0 unspecified atom stereocenters. The van der Waals surface area contributed by atoms with Gasteiger partial charge in [-0.25, -0.2) is 4.90 Å². The summed E-state index contributed by atoms with van der Waals surface area (Å²) < 4.78 is 5.25. The van der Waals surface area contributed by atoms with Crippen molar-refractivity contribution in [3.63, 3.8) is 0 Å². The molecule has 4 rings (SSSR count). The van der Waals surface area contributed by atoms with E-state index < -0.39 is 11.8 Å². The van der Waals surface area contributed by atoms with Gasteiger partial charge in [-0.2, -0.15) is 0 Å². The zero-order valence-electron chi connectivity index (χ0n) is 17.3. The maximum absolute atomic E-state index is 12.9. The number of nitrogens with one attached hydrogen (secondary N) is 2. The topological polar surface area (TPSA) is 87.7 Å². The minimum Gasteiger partial charge on any atom is -0.495 e. The zero-order chi connectivity index (χ0) is 23.5. The van der Waals surface area contributed by atoms with E-state index in [9.17, 15) is 14.4 Å². The maximum Gasteiger partial charge on any atom is 0.283 e. The molecule has 9 heteroatoms. The molecule has 0 aliphatic carbocycles. The Bertz CT molecular complexity index is 1310. The van der Waals surface area contributed by atoms with Crippen LogP contribution in [-0.2, 0) is 9.59 Å². The van der Waals surface area contributed by atoms with Crippen LogP contribution in [-0.4, -0.2) is 24.8 Å². The van der Waals surface area contributed by atoms with Gasteiger partial charge in [-0.05, 0) is 48.5 Å². The summed E-state index contributed by atoms with van der Waals surface area (Å²) in [5, 5.41) is 5.76. The molecule has 0 bridgehead atoms. The number of ether oxygens (including phenoxy) is 1. The molecule has 33 heavy (non-hydrogen) atoms. The van der Waals surface area contributed by atoms with Gasteiger partial charge in [-0.3, -0.25) is 14.4 Å². The largest absolute Gasteiger partial charge is 0.495 e. The molecule has 0 atom stereocenters. The number of rotatable bonds is 6. The summed E-state index contributed by atoms with van der Waals surface area (Å²) in [6, 6.07) is 19.8. The number of amides is 3. The highest BCUT2D eigenvalue weighted by Crippen LogP contribution is 2.31. The molecule has 0 fully saturated rings. The first-order valence-electron chi connectivity index (χ1n) is 9.74. The smallest absolute Gasteiger partial charge is 0.283 e. The third kappa shape index (κ3) is 4.55. The number of anilines is 3. The van der Waals surface area contributed by atoms with Crippen LogP contribution in [0.25, 0.3) is 0 Å². The lowest BCUT2D eigenvalue weighted by molar-refractivity contribution is -0.120. The average molecular weight is 482 g/mol. The predicted octanol–water partition coefficient (Wildman–Crippen LogP) is 5.04. The highest BCUT2D eigenvalue weighted by molar-refractivity contribution is 6.53. The number of para-hydroxylation sites is 2. The fourth-order valence-electron chi connectivity index (χ4n) is 3.29. The summed E-state index contributed by atoms with van der Waals surface area (Å²) >= 11 is 12.2. The van der Waals surface area contributed by atoms with Crippen LogP contribution in [0.2, 0.25) is 5.02 Å². The number of hydrogen-bond donors (Lipinski definition) is 2. The first-order chi connectivity index (χ1) is 15.9. The number of halogens is 2. The van der Waals surface area contributed by atoms with E-state index in [0.717, 1.165) is 4.90 Å². The monoisotopic (exact) mass is 481 g/mol. The van der Waals surface area contributed by atoms with Crippen LogP contribution in [0.3, 0.4) is 0 Å². The van der Waals surface area contributed by atoms with Gasteiger partial charge in [0.2, 0.25) is 0 Å². The quantitative estimate of drug-likeness (QED) is 0.481. The molecule has 0 aromatic heterocycles. The summed E-state index contributed by atoms with van der Waals surface area (Å²) in [7, 11) is 1.51. The summed E-state index contributed by atoms with van der Waals surface area (Å²) in [6.07, 6.45) is 0. The Morgan fingerprint density at radius 2 is 1.67 bits per heavy atom. The van der Waals surface area contributed by atoms with Crippen LogP contribution in [0.4, 0.5) is 17.1 Å². The molecular formula is C24H17Cl2N3O4. The van der Waals surface area contributed by atoms with Crippen LogP contribution in [0.1, 0.15) is 10.4 Å². The van der Waals surface area contributed by atoms with Gasteiger partial charge in [0.25, 0.3) is 17.7 Å². The maximum atomic E-state index is 12.9. The molecule has 1 aliphatic heterocycles. The second-order valence-electron chi connectivity index (χ2n) is 6.97. The van der Waals surface area contributed by atoms with Gasteiger partial charge < -0.3 is 15.4 Å². The van der Waals surface area contributed by atoms with Gasteiger partial charge in [0.05, 0.1) is 18.5 Å². The van der Waals surface area contributed by atoms with E-state index in [-0.39, 0.29) is 16.6 Å². The molecule has 0 spiro atoms. The highest BCUT2D eigenvalue weighted by atomic mass is 35.5. The van der Waals surface area contributed by atoms with Gasteiger partial charge in [0.15, 0.2) is 0 Å². The minimum absolute atomic E-state index is 0.0936. The van der Waals surface area contributed by atoms with Crippen molar-refractivity contribution in [3.05, 3.63) is 94.1 Å². The normalized spacial score (nSPS) is 13.4. The van der Waals surface area contributed by atoms with Crippen LogP contribution >= 0.6 is 23.2 Å². The number of imide groups is 1. The van der Waals surface area contributed by atoms with E-state index in [2.05, 4.69) is 10.6 Å². The summed E-state index contributed by atoms with van der Waals surface area (Å²) in [5.74, 6) is -1.15. The summed E-state index contributed by atoms with van der Waals surface area (Å²) in [4.78, 5) is 39.2. The second-order valence-corrected chi connectivity index (χ2v) is 7.79. The van der Waals surface area contributed by atoms with Crippen LogP contribution in [0.15, 0.2) is 83.5 Å². The summed E-state index contributed by atoms with van der Waals surface area (Å²) in [6.45, 7) is 0. The van der Waals surface area contributed by atoms with E-state index in [1.54, 1.807) is 66.7 Å². The van der Waals surface area contributed by atoms with Crippen molar-refractivity contribution in [2.45, 2.75) is 0 Å². The van der Waals surface area contributed by atoms with Gasteiger partial charge >= 0.3 is 0 Å². The second kappa shape index (κ2) is 9.36. The first kappa shape index (κ1) is 22.4. The van der Waals surface area contributed by atoms with Crippen molar-refractivity contribution in [1.82, 2.24) is 0 Å². The SMILES string of the molecule is COc1ccccc1NC(=O)c1cccc(NC2=C(Cl)C(=O)N(c3cccc(Cl)c3)C2=O)c1. The van der Waals surface area contributed by atoms with Crippen molar-refractivity contribution in [2.75, 3.05) is 22.6 Å². The number of carbonyl (C=O) groups excluding carboxylic acids is 3. The summed E-state index contributed by atoms with van der Waals surface area (Å²) in [5.41, 5.74) is 1.46. The number of nitrogens with zero attached hydrogens (tertiary/aromatic N) is 1. The Hall–Kier alpha value is -3.81. The molecule has 1 heterocycles. The molecule has 3 aromatic carbocycles. The molecule has 0 saturated heterocycles. The van der Waals surface area contributed by atoms with Crippen molar-refractivity contribution < 1.29 is 19.1 Å².